The Hall–Kier alpha value is -3.06. The summed E-state index contributed by atoms with van der Waals surface area (Å²) >= 11 is 6.04. The minimum absolute atomic E-state index is 0.0626. The van der Waals surface area contributed by atoms with Crippen molar-refractivity contribution in [1.29, 1.82) is 0 Å². The highest BCUT2D eigenvalue weighted by Gasteiger charge is 2.36. The molecule has 29 heavy (non-hydrogen) atoms. The van der Waals surface area contributed by atoms with Crippen LogP contribution in [-0.2, 0) is 20.9 Å². The number of anilines is 1. The molecule has 1 fully saturated rings. The highest BCUT2D eigenvalue weighted by Crippen LogP contribution is 2.35. The summed E-state index contributed by atoms with van der Waals surface area (Å²) in [5, 5.41) is 5.82. The van der Waals surface area contributed by atoms with Gasteiger partial charge in [-0.2, -0.15) is 0 Å². The van der Waals surface area contributed by atoms with Gasteiger partial charge in [-0.25, -0.2) is 0 Å². The van der Waals surface area contributed by atoms with E-state index in [2.05, 4.69) is 10.6 Å². The third kappa shape index (κ3) is 5.26. The fourth-order valence-corrected chi connectivity index (χ4v) is 3.33. The molecule has 0 aromatic heterocycles. The summed E-state index contributed by atoms with van der Waals surface area (Å²) in [5.74, 6) is -0.868. The molecule has 2 aromatic rings. The summed E-state index contributed by atoms with van der Waals surface area (Å²) in [6.45, 7) is 0.448. The number of carbonyl (C=O) groups excluding carboxylic acids is 3. The Labute approximate surface area is 174 Å². The first-order valence-electron chi connectivity index (χ1n) is 9.20. The molecule has 3 rings (SSSR count). The highest BCUT2D eigenvalue weighted by molar-refractivity contribution is 6.31. The lowest BCUT2D eigenvalue weighted by Crippen LogP contribution is -2.40. The number of amides is 3. The lowest BCUT2D eigenvalue weighted by atomic mass is 10.1. The summed E-state index contributed by atoms with van der Waals surface area (Å²) < 4.78 is 5.29. The van der Waals surface area contributed by atoms with Crippen molar-refractivity contribution >= 4 is 35.0 Å². The van der Waals surface area contributed by atoms with Gasteiger partial charge < -0.3 is 20.3 Å². The van der Waals surface area contributed by atoms with Crippen molar-refractivity contribution in [3.05, 3.63) is 59.1 Å². The van der Waals surface area contributed by atoms with Crippen LogP contribution >= 0.6 is 11.6 Å². The fourth-order valence-electron chi connectivity index (χ4n) is 3.16. The predicted molar refractivity (Wildman–Crippen MR) is 110 cm³/mol. The SMILES string of the molecule is COc1ccc(Cl)cc1N1CC(C(=O)NCC(=O)NCc2ccccc2)CC1=O. The molecule has 2 N–H and O–H groups in total. The molecule has 0 radical (unpaired) electrons. The lowest BCUT2D eigenvalue weighted by molar-refractivity contribution is -0.129. The minimum Gasteiger partial charge on any atom is -0.495 e. The van der Waals surface area contributed by atoms with E-state index in [1.165, 1.54) is 12.0 Å². The van der Waals surface area contributed by atoms with Crippen molar-refractivity contribution in [2.45, 2.75) is 13.0 Å². The molecule has 1 heterocycles. The Bertz CT molecular complexity index is 904. The van der Waals surface area contributed by atoms with Gasteiger partial charge in [0.25, 0.3) is 0 Å². The molecule has 8 heteroatoms. The molecule has 0 aliphatic carbocycles. The van der Waals surface area contributed by atoms with Crippen molar-refractivity contribution < 1.29 is 19.1 Å². The molecule has 1 aliphatic heterocycles. The van der Waals surface area contributed by atoms with Crippen LogP contribution in [0.25, 0.3) is 0 Å². The number of nitrogens with one attached hydrogen (secondary N) is 2. The van der Waals surface area contributed by atoms with Crippen LogP contribution in [0.5, 0.6) is 5.75 Å². The number of nitrogens with zero attached hydrogens (tertiary/aromatic N) is 1. The minimum atomic E-state index is -0.548. The Kier molecular flexibility index (Phi) is 6.72. The van der Waals surface area contributed by atoms with E-state index in [4.69, 9.17) is 16.3 Å². The Balaban J connectivity index is 1.52. The van der Waals surface area contributed by atoms with Gasteiger partial charge in [-0.05, 0) is 23.8 Å². The zero-order valence-corrected chi connectivity index (χ0v) is 16.7. The number of halogens is 1. The van der Waals surface area contributed by atoms with Crippen molar-refractivity contribution in [2.24, 2.45) is 5.92 Å². The first-order valence-corrected chi connectivity index (χ1v) is 9.58. The van der Waals surface area contributed by atoms with Crippen LogP contribution in [0.15, 0.2) is 48.5 Å². The van der Waals surface area contributed by atoms with Gasteiger partial charge in [0.2, 0.25) is 17.7 Å². The molecule has 1 unspecified atom stereocenters. The highest BCUT2D eigenvalue weighted by atomic mass is 35.5. The molecule has 3 amide bonds. The van der Waals surface area contributed by atoms with Crippen LogP contribution in [0, 0.1) is 5.92 Å². The van der Waals surface area contributed by atoms with Gasteiger partial charge in [-0.3, -0.25) is 14.4 Å². The fraction of sp³-hybridized carbons (Fsp3) is 0.286. The predicted octanol–water partition coefficient (Wildman–Crippen LogP) is 2.13. The lowest BCUT2D eigenvalue weighted by Gasteiger charge is -2.19. The van der Waals surface area contributed by atoms with Gasteiger partial charge in [-0.15, -0.1) is 0 Å². The van der Waals surface area contributed by atoms with E-state index in [1.807, 2.05) is 30.3 Å². The van der Waals surface area contributed by atoms with Crippen LogP contribution in [-0.4, -0.2) is 37.9 Å². The smallest absolute Gasteiger partial charge is 0.239 e. The maximum Gasteiger partial charge on any atom is 0.239 e. The van der Waals surface area contributed by atoms with E-state index < -0.39 is 5.92 Å². The number of benzene rings is 2. The Morgan fingerprint density at radius 3 is 2.66 bits per heavy atom. The number of carbonyl (C=O) groups is 3. The number of methoxy groups -OCH3 is 1. The van der Waals surface area contributed by atoms with Gasteiger partial charge in [0, 0.05) is 24.5 Å². The first kappa shape index (κ1) is 20.7. The largest absolute Gasteiger partial charge is 0.495 e. The van der Waals surface area contributed by atoms with E-state index in [-0.39, 0.29) is 37.2 Å². The topological polar surface area (TPSA) is 87.7 Å². The second kappa shape index (κ2) is 9.43. The molecule has 152 valence electrons. The quantitative estimate of drug-likeness (QED) is 0.725. The van der Waals surface area contributed by atoms with E-state index in [1.54, 1.807) is 18.2 Å². The van der Waals surface area contributed by atoms with Crippen molar-refractivity contribution in [2.75, 3.05) is 25.1 Å². The Morgan fingerprint density at radius 2 is 1.93 bits per heavy atom. The zero-order valence-electron chi connectivity index (χ0n) is 16.0. The third-order valence-electron chi connectivity index (χ3n) is 4.68. The zero-order chi connectivity index (χ0) is 20.8. The molecule has 0 bridgehead atoms. The van der Waals surface area contributed by atoms with Gasteiger partial charge in [0.1, 0.15) is 5.75 Å². The standard InChI is InChI=1S/C21H22ClN3O4/c1-29-18-8-7-16(22)10-17(18)25-13-15(9-20(25)27)21(28)24-12-19(26)23-11-14-5-3-2-4-6-14/h2-8,10,15H,9,11-13H2,1H3,(H,23,26)(H,24,28). The van der Waals surface area contributed by atoms with Crippen LogP contribution in [0.3, 0.4) is 0 Å². The van der Waals surface area contributed by atoms with E-state index in [0.29, 0.717) is 23.0 Å². The normalized spacial score (nSPS) is 15.9. The summed E-state index contributed by atoms with van der Waals surface area (Å²) in [5.41, 5.74) is 1.50. The summed E-state index contributed by atoms with van der Waals surface area (Å²) in [4.78, 5) is 38.3. The average Bonchev–Trinajstić information content (AvgIpc) is 3.12. The molecule has 2 aromatic carbocycles. The second-order valence-electron chi connectivity index (χ2n) is 6.70. The third-order valence-corrected chi connectivity index (χ3v) is 4.92. The van der Waals surface area contributed by atoms with Crippen LogP contribution < -0.4 is 20.3 Å². The molecule has 0 saturated carbocycles. The second-order valence-corrected chi connectivity index (χ2v) is 7.14. The molecule has 0 spiro atoms. The molecule has 1 saturated heterocycles. The molecular formula is C21H22ClN3O4. The summed E-state index contributed by atoms with van der Waals surface area (Å²) in [6.07, 6.45) is 0.0626. The molecule has 1 atom stereocenters. The van der Waals surface area contributed by atoms with E-state index in [0.717, 1.165) is 5.56 Å². The Morgan fingerprint density at radius 1 is 1.17 bits per heavy atom. The maximum absolute atomic E-state index is 12.4. The number of ether oxygens (including phenoxy) is 1. The van der Waals surface area contributed by atoms with E-state index >= 15 is 0 Å². The number of hydrogen-bond acceptors (Lipinski definition) is 4. The number of rotatable bonds is 7. The van der Waals surface area contributed by atoms with Gasteiger partial charge in [-0.1, -0.05) is 41.9 Å². The summed E-state index contributed by atoms with van der Waals surface area (Å²) in [7, 11) is 1.51. The maximum atomic E-state index is 12.4. The molecular weight excluding hydrogens is 394 g/mol. The van der Waals surface area contributed by atoms with Crippen molar-refractivity contribution in [3.8, 4) is 5.75 Å². The number of hydrogen-bond donors (Lipinski definition) is 2. The van der Waals surface area contributed by atoms with Crippen LogP contribution in [0.1, 0.15) is 12.0 Å². The average molecular weight is 416 g/mol. The van der Waals surface area contributed by atoms with Gasteiger partial charge >= 0.3 is 0 Å². The van der Waals surface area contributed by atoms with Crippen molar-refractivity contribution in [1.82, 2.24) is 10.6 Å². The van der Waals surface area contributed by atoms with Gasteiger partial charge in [0.15, 0.2) is 0 Å². The summed E-state index contributed by atoms with van der Waals surface area (Å²) in [6, 6.07) is 14.5. The van der Waals surface area contributed by atoms with Crippen LogP contribution in [0.4, 0.5) is 5.69 Å². The monoisotopic (exact) mass is 415 g/mol. The van der Waals surface area contributed by atoms with E-state index in [9.17, 15) is 14.4 Å². The van der Waals surface area contributed by atoms with Crippen LogP contribution in [0.2, 0.25) is 5.02 Å². The van der Waals surface area contributed by atoms with Gasteiger partial charge in [0.05, 0.1) is 25.3 Å². The molecule has 1 aliphatic rings. The first-order chi connectivity index (χ1) is 14.0. The van der Waals surface area contributed by atoms with Crippen molar-refractivity contribution in [3.63, 3.8) is 0 Å². The molecule has 7 nitrogen and oxygen atoms in total.